The lowest BCUT2D eigenvalue weighted by atomic mass is 10.2. The van der Waals surface area contributed by atoms with E-state index in [0.29, 0.717) is 0 Å². The lowest BCUT2D eigenvalue weighted by molar-refractivity contribution is 0.306. The molecular weight excluding hydrogens is 200 g/mol. The van der Waals surface area contributed by atoms with Gasteiger partial charge in [0.25, 0.3) is 0 Å². The molecular formula is C12H24N4. The van der Waals surface area contributed by atoms with Gasteiger partial charge in [-0.3, -0.25) is 4.90 Å². The standard InChI is InChI=1S/C12H24N4/c1-15(9-6-4-3-5-7-13)11-12-14-8-10-16(12)2/h8,10H,3-7,9,11,13H2,1-2H3. The summed E-state index contributed by atoms with van der Waals surface area (Å²) < 4.78 is 2.07. The van der Waals surface area contributed by atoms with E-state index in [4.69, 9.17) is 5.73 Å². The van der Waals surface area contributed by atoms with Crippen LogP contribution in [0.5, 0.6) is 0 Å². The molecule has 92 valence electrons. The molecule has 0 atom stereocenters. The van der Waals surface area contributed by atoms with Gasteiger partial charge in [-0.05, 0) is 33.0 Å². The SMILES string of the molecule is CN(CCCCCCN)Cc1nccn1C. The fourth-order valence-corrected chi connectivity index (χ4v) is 1.75. The third-order valence-electron chi connectivity index (χ3n) is 2.83. The van der Waals surface area contributed by atoms with Gasteiger partial charge in [-0.2, -0.15) is 0 Å². The first-order valence-corrected chi connectivity index (χ1v) is 6.09. The lowest BCUT2D eigenvalue weighted by Gasteiger charge is -2.15. The van der Waals surface area contributed by atoms with Gasteiger partial charge >= 0.3 is 0 Å². The first-order chi connectivity index (χ1) is 7.74. The Hall–Kier alpha value is -0.870. The molecule has 0 radical (unpaired) electrons. The van der Waals surface area contributed by atoms with Gasteiger partial charge in [0.2, 0.25) is 0 Å². The fourth-order valence-electron chi connectivity index (χ4n) is 1.75. The Balaban J connectivity index is 2.11. The van der Waals surface area contributed by atoms with Crippen LogP contribution >= 0.6 is 0 Å². The van der Waals surface area contributed by atoms with Crippen LogP contribution in [0, 0.1) is 0 Å². The molecule has 0 unspecified atom stereocenters. The summed E-state index contributed by atoms with van der Waals surface area (Å²) in [5.41, 5.74) is 5.46. The third kappa shape index (κ3) is 4.77. The second kappa shape index (κ2) is 7.41. The van der Waals surface area contributed by atoms with Crippen molar-refractivity contribution in [2.75, 3.05) is 20.1 Å². The second-order valence-electron chi connectivity index (χ2n) is 4.40. The summed E-state index contributed by atoms with van der Waals surface area (Å²) in [5, 5.41) is 0. The Morgan fingerprint density at radius 2 is 2.06 bits per heavy atom. The van der Waals surface area contributed by atoms with Crippen LogP contribution in [-0.2, 0) is 13.6 Å². The summed E-state index contributed by atoms with van der Waals surface area (Å²) in [6.45, 7) is 2.89. The van der Waals surface area contributed by atoms with E-state index in [9.17, 15) is 0 Å². The van der Waals surface area contributed by atoms with Crippen molar-refractivity contribution in [1.29, 1.82) is 0 Å². The number of imidazole rings is 1. The Morgan fingerprint density at radius 1 is 1.31 bits per heavy atom. The molecule has 1 rings (SSSR count). The Labute approximate surface area is 98.5 Å². The molecule has 0 aliphatic heterocycles. The van der Waals surface area contributed by atoms with Crippen molar-refractivity contribution < 1.29 is 0 Å². The zero-order chi connectivity index (χ0) is 11.8. The van der Waals surface area contributed by atoms with E-state index in [1.54, 1.807) is 0 Å². The molecule has 0 amide bonds. The van der Waals surface area contributed by atoms with Crippen LogP contribution in [0.3, 0.4) is 0 Å². The minimum atomic E-state index is 0.823. The van der Waals surface area contributed by atoms with Crippen molar-refractivity contribution in [3.05, 3.63) is 18.2 Å². The van der Waals surface area contributed by atoms with E-state index < -0.39 is 0 Å². The van der Waals surface area contributed by atoms with Crippen LogP contribution in [-0.4, -0.2) is 34.6 Å². The van der Waals surface area contributed by atoms with Crippen molar-refractivity contribution >= 4 is 0 Å². The van der Waals surface area contributed by atoms with Crippen molar-refractivity contribution in [3.63, 3.8) is 0 Å². The number of hydrogen-bond donors (Lipinski definition) is 1. The van der Waals surface area contributed by atoms with Gasteiger partial charge in [0.05, 0.1) is 6.54 Å². The van der Waals surface area contributed by atoms with E-state index in [2.05, 4.69) is 21.5 Å². The summed E-state index contributed by atoms with van der Waals surface area (Å²) in [6.07, 6.45) is 8.79. The van der Waals surface area contributed by atoms with Crippen LogP contribution < -0.4 is 5.73 Å². The van der Waals surface area contributed by atoms with Gasteiger partial charge in [0.1, 0.15) is 5.82 Å². The van der Waals surface area contributed by atoms with Crippen molar-refractivity contribution in [2.45, 2.75) is 32.2 Å². The number of nitrogens with two attached hydrogens (primary N) is 1. The van der Waals surface area contributed by atoms with Crippen molar-refractivity contribution in [3.8, 4) is 0 Å². The zero-order valence-electron chi connectivity index (χ0n) is 10.5. The average Bonchev–Trinajstić information content (AvgIpc) is 2.64. The predicted molar refractivity (Wildman–Crippen MR) is 67.1 cm³/mol. The number of unbranched alkanes of at least 4 members (excludes halogenated alkanes) is 3. The molecule has 1 aromatic rings. The van der Waals surface area contributed by atoms with E-state index in [-0.39, 0.29) is 0 Å². The summed E-state index contributed by atoms with van der Waals surface area (Å²) in [7, 11) is 4.19. The molecule has 1 heterocycles. The molecule has 2 N–H and O–H groups in total. The quantitative estimate of drug-likeness (QED) is 0.678. The fraction of sp³-hybridized carbons (Fsp3) is 0.750. The van der Waals surface area contributed by atoms with Gasteiger partial charge in [-0.25, -0.2) is 4.98 Å². The summed E-state index contributed by atoms with van der Waals surface area (Å²) >= 11 is 0. The van der Waals surface area contributed by atoms with E-state index in [1.165, 1.54) is 19.3 Å². The Bertz CT molecular complexity index is 282. The highest BCUT2D eigenvalue weighted by molar-refractivity contribution is 4.90. The van der Waals surface area contributed by atoms with Crippen LogP contribution in [0.4, 0.5) is 0 Å². The lowest BCUT2D eigenvalue weighted by Crippen LogP contribution is -2.21. The maximum absolute atomic E-state index is 5.46. The van der Waals surface area contributed by atoms with E-state index >= 15 is 0 Å². The number of nitrogens with zero attached hydrogens (tertiary/aromatic N) is 3. The van der Waals surface area contributed by atoms with Crippen LogP contribution in [0.2, 0.25) is 0 Å². The molecule has 16 heavy (non-hydrogen) atoms. The molecule has 0 aliphatic carbocycles. The maximum Gasteiger partial charge on any atom is 0.122 e. The third-order valence-corrected chi connectivity index (χ3v) is 2.83. The van der Waals surface area contributed by atoms with Crippen molar-refractivity contribution in [1.82, 2.24) is 14.5 Å². The van der Waals surface area contributed by atoms with Crippen LogP contribution in [0.15, 0.2) is 12.4 Å². The molecule has 0 aromatic carbocycles. The molecule has 4 nitrogen and oxygen atoms in total. The first-order valence-electron chi connectivity index (χ1n) is 6.09. The topological polar surface area (TPSA) is 47.1 Å². The summed E-state index contributed by atoms with van der Waals surface area (Å²) in [5.74, 6) is 1.13. The Kier molecular flexibility index (Phi) is 6.11. The normalized spacial score (nSPS) is 11.2. The Morgan fingerprint density at radius 3 is 2.69 bits per heavy atom. The molecule has 0 fully saturated rings. The van der Waals surface area contributed by atoms with E-state index in [0.717, 1.165) is 31.9 Å². The number of aryl methyl sites for hydroxylation is 1. The zero-order valence-corrected chi connectivity index (χ0v) is 10.5. The minimum Gasteiger partial charge on any atom is -0.337 e. The van der Waals surface area contributed by atoms with Crippen LogP contribution in [0.25, 0.3) is 0 Å². The smallest absolute Gasteiger partial charge is 0.122 e. The maximum atomic E-state index is 5.46. The summed E-state index contributed by atoms with van der Waals surface area (Å²) in [4.78, 5) is 6.64. The molecule has 0 spiro atoms. The molecule has 0 saturated carbocycles. The monoisotopic (exact) mass is 224 g/mol. The number of rotatable bonds is 8. The molecule has 4 heteroatoms. The number of aromatic nitrogens is 2. The van der Waals surface area contributed by atoms with Gasteiger partial charge in [-0.15, -0.1) is 0 Å². The highest BCUT2D eigenvalue weighted by atomic mass is 15.1. The molecule has 0 aliphatic rings. The van der Waals surface area contributed by atoms with Gasteiger partial charge < -0.3 is 10.3 Å². The van der Waals surface area contributed by atoms with Gasteiger partial charge in [0, 0.05) is 19.4 Å². The van der Waals surface area contributed by atoms with Gasteiger partial charge in [-0.1, -0.05) is 12.8 Å². The van der Waals surface area contributed by atoms with Crippen LogP contribution in [0.1, 0.15) is 31.5 Å². The predicted octanol–water partition coefficient (Wildman–Crippen LogP) is 1.37. The average molecular weight is 224 g/mol. The highest BCUT2D eigenvalue weighted by Crippen LogP contribution is 2.03. The minimum absolute atomic E-state index is 0.823. The van der Waals surface area contributed by atoms with Crippen molar-refractivity contribution in [2.24, 2.45) is 12.8 Å². The molecule has 0 bridgehead atoms. The van der Waals surface area contributed by atoms with E-state index in [1.807, 2.05) is 19.4 Å². The summed E-state index contributed by atoms with van der Waals surface area (Å²) in [6, 6.07) is 0. The molecule has 0 saturated heterocycles. The van der Waals surface area contributed by atoms with Gasteiger partial charge in [0.15, 0.2) is 0 Å². The molecule has 1 aromatic heterocycles. The number of hydrogen-bond acceptors (Lipinski definition) is 3. The second-order valence-corrected chi connectivity index (χ2v) is 4.40. The largest absolute Gasteiger partial charge is 0.337 e. The highest BCUT2D eigenvalue weighted by Gasteiger charge is 2.03. The first kappa shape index (κ1) is 13.2.